The van der Waals surface area contributed by atoms with Gasteiger partial charge in [0.2, 0.25) is 10.0 Å². The van der Waals surface area contributed by atoms with E-state index in [-0.39, 0.29) is 6.04 Å². The van der Waals surface area contributed by atoms with Gasteiger partial charge < -0.3 is 0 Å². The zero-order valence-corrected chi connectivity index (χ0v) is 19.0. The third-order valence-electron chi connectivity index (χ3n) is 5.82. The number of rotatable bonds is 6. The molecule has 0 spiro atoms. The molecule has 1 saturated carbocycles. The van der Waals surface area contributed by atoms with E-state index in [1.807, 2.05) is 37.3 Å². The first kappa shape index (κ1) is 22.1. The topological polar surface area (TPSA) is 37.4 Å². The zero-order valence-electron chi connectivity index (χ0n) is 17.4. The molecule has 3 unspecified atom stereocenters. The van der Waals surface area contributed by atoms with Crippen LogP contribution in [0.2, 0.25) is 5.02 Å². The fraction of sp³-hybridized carbons (Fsp3) is 0.417. The number of hydrogen-bond acceptors (Lipinski definition) is 2. The Balaban J connectivity index is 1.97. The second-order valence-corrected chi connectivity index (χ2v) is 10.7. The molecule has 5 heteroatoms. The SMILES string of the molecule is C/C(=C\c1ccccc1)CN(C1CC(C)CCC1C)S(=O)(=O)c1ccc(Cl)cc1. The Morgan fingerprint density at radius 1 is 1.07 bits per heavy atom. The van der Waals surface area contributed by atoms with E-state index in [0.717, 1.165) is 30.4 Å². The van der Waals surface area contributed by atoms with Gasteiger partial charge in [0.1, 0.15) is 0 Å². The molecule has 0 bridgehead atoms. The third-order valence-corrected chi connectivity index (χ3v) is 7.96. The van der Waals surface area contributed by atoms with E-state index >= 15 is 0 Å². The average Bonchev–Trinajstić information content (AvgIpc) is 2.69. The molecule has 0 saturated heterocycles. The fourth-order valence-corrected chi connectivity index (χ4v) is 6.05. The van der Waals surface area contributed by atoms with Crippen molar-refractivity contribution in [2.24, 2.45) is 11.8 Å². The summed E-state index contributed by atoms with van der Waals surface area (Å²) in [7, 11) is -3.63. The van der Waals surface area contributed by atoms with Crippen molar-refractivity contribution in [3.63, 3.8) is 0 Å². The molecular formula is C24H30ClNO2S. The molecule has 3 rings (SSSR count). The van der Waals surface area contributed by atoms with E-state index in [9.17, 15) is 8.42 Å². The van der Waals surface area contributed by atoms with Crippen molar-refractivity contribution < 1.29 is 8.42 Å². The molecule has 0 amide bonds. The Bertz CT molecular complexity index is 939. The van der Waals surface area contributed by atoms with E-state index in [2.05, 4.69) is 19.9 Å². The second kappa shape index (κ2) is 9.46. The van der Waals surface area contributed by atoms with Crippen molar-refractivity contribution in [1.29, 1.82) is 0 Å². The van der Waals surface area contributed by atoms with Crippen LogP contribution in [0.3, 0.4) is 0 Å². The lowest BCUT2D eigenvalue weighted by Gasteiger charge is -2.40. The molecule has 0 aliphatic heterocycles. The minimum Gasteiger partial charge on any atom is -0.207 e. The zero-order chi connectivity index (χ0) is 21.0. The number of hydrogen-bond donors (Lipinski definition) is 0. The van der Waals surface area contributed by atoms with Gasteiger partial charge in [-0.3, -0.25) is 0 Å². The predicted octanol–water partition coefficient (Wildman–Crippen LogP) is 6.26. The maximum Gasteiger partial charge on any atom is 0.243 e. The van der Waals surface area contributed by atoms with Gasteiger partial charge in [-0.15, -0.1) is 0 Å². The molecule has 1 fully saturated rings. The highest BCUT2D eigenvalue weighted by Gasteiger charge is 2.37. The smallest absolute Gasteiger partial charge is 0.207 e. The Hall–Kier alpha value is -1.62. The van der Waals surface area contributed by atoms with Crippen molar-refractivity contribution >= 4 is 27.7 Å². The van der Waals surface area contributed by atoms with Gasteiger partial charge in [-0.05, 0) is 61.4 Å². The van der Waals surface area contributed by atoms with Gasteiger partial charge in [-0.2, -0.15) is 4.31 Å². The first-order valence-corrected chi connectivity index (χ1v) is 12.1. The van der Waals surface area contributed by atoms with E-state index in [1.165, 1.54) is 0 Å². The number of sulfonamides is 1. The number of benzene rings is 2. The lowest BCUT2D eigenvalue weighted by molar-refractivity contribution is 0.164. The highest BCUT2D eigenvalue weighted by Crippen LogP contribution is 2.35. The van der Waals surface area contributed by atoms with Crippen molar-refractivity contribution in [2.75, 3.05) is 6.54 Å². The Morgan fingerprint density at radius 3 is 2.38 bits per heavy atom. The van der Waals surface area contributed by atoms with Crippen LogP contribution < -0.4 is 0 Å². The molecule has 1 aliphatic rings. The summed E-state index contributed by atoms with van der Waals surface area (Å²) in [4.78, 5) is 0.305. The summed E-state index contributed by atoms with van der Waals surface area (Å²) in [5, 5.41) is 0.537. The van der Waals surface area contributed by atoms with Gasteiger partial charge in [0.15, 0.2) is 0 Å². The van der Waals surface area contributed by atoms with E-state index in [1.54, 1.807) is 28.6 Å². The second-order valence-electron chi connectivity index (χ2n) is 8.37. The van der Waals surface area contributed by atoms with Crippen LogP contribution in [0.5, 0.6) is 0 Å². The molecule has 2 aromatic carbocycles. The molecule has 0 aromatic heterocycles. The fourth-order valence-electron chi connectivity index (χ4n) is 4.15. The van der Waals surface area contributed by atoms with Crippen molar-refractivity contribution in [1.82, 2.24) is 4.31 Å². The van der Waals surface area contributed by atoms with Crippen LogP contribution in [-0.2, 0) is 10.0 Å². The lowest BCUT2D eigenvalue weighted by Crippen LogP contribution is -2.47. The van der Waals surface area contributed by atoms with Gasteiger partial charge in [0, 0.05) is 17.6 Å². The van der Waals surface area contributed by atoms with Crippen LogP contribution in [0.4, 0.5) is 0 Å². The monoisotopic (exact) mass is 431 g/mol. The first-order chi connectivity index (χ1) is 13.8. The molecule has 156 valence electrons. The van der Waals surface area contributed by atoms with Crippen molar-refractivity contribution in [3.8, 4) is 0 Å². The standard InChI is InChI=1S/C24H30ClNO2S/c1-18-9-10-20(3)24(16-18)26(17-19(2)15-21-7-5-4-6-8-21)29(27,28)23-13-11-22(25)12-14-23/h4-8,11-15,18,20,24H,9-10,16-17H2,1-3H3/b19-15+. The van der Waals surface area contributed by atoms with Gasteiger partial charge >= 0.3 is 0 Å². The molecule has 1 aliphatic carbocycles. The summed E-state index contributed by atoms with van der Waals surface area (Å²) < 4.78 is 29.0. The van der Waals surface area contributed by atoms with E-state index in [4.69, 9.17) is 11.6 Å². The summed E-state index contributed by atoms with van der Waals surface area (Å²) in [6.45, 7) is 6.80. The van der Waals surface area contributed by atoms with E-state index < -0.39 is 10.0 Å². The molecular weight excluding hydrogens is 402 g/mol. The Labute approximate surface area is 180 Å². The van der Waals surface area contributed by atoms with E-state index in [0.29, 0.717) is 28.3 Å². The van der Waals surface area contributed by atoms with Crippen LogP contribution in [0, 0.1) is 11.8 Å². The molecule has 0 N–H and O–H groups in total. The molecule has 0 radical (unpaired) electrons. The highest BCUT2D eigenvalue weighted by atomic mass is 35.5. The summed E-state index contributed by atoms with van der Waals surface area (Å²) in [6.07, 6.45) is 5.18. The van der Waals surface area contributed by atoms with Crippen LogP contribution in [0.25, 0.3) is 6.08 Å². The van der Waals surface area contributed by atoms with Crippen LogP contribution in [0.15, 0.2) is 65.1 Å². The van der Waals surface area contributed by atoms with Gasteiger partial charge in [-0.1, -0.05) is 73.9 Å². The molecule has 0 heterocycles. The van der Waals surface area contributed by atoms with Crippen LogP contribution in [0.1, 0.15) is 45.6 Å². The van der Waals surface area contributed by atoms with Gasteiger partial charge in [-0.25, -0.2) is 8.42 Å². The maximum atomic E-state index is 13.6. The normalized spacial score (nSPS) is 23.3. The predicted molar refractivity (Wildman–Crippen MR) is 121 cm³/mol. The molecule has 29 heavy (non-hydrogen) atoms. The lowest BCUT2D eigenvalue weighted by atomic mass is 9.80. The molecule has 3 nitrogen and oxygen atoms in total. The number of halogens is 1. The summed E-state index contributed by atoms with van der Waals surface area (Å²) >= 11 is 5.99. The minimum atomic E-state index is -3.63. The average molecular weight is 432 g/mol. The largest absolute Gasteiger partial charge is 0.243 e. The molecule has 3 atom stereocenters. The van der Waals surface area contributed by atoms with Crippen molar-refractivity contribution in [3.05, 3.63) is 70.8 Å². The Kier molecular flexibility index (Phi) is 7.20. The quantitative estimate of drug-likeness (QED) is 0.541. The maximum absolute atomic E-state index is 13.6. The summed E-state index contributed by atoms with van der Waals surface area (Å²) in [5.74, 6) is 0.857. The van der Waals surface area contributed by atoms with Crippen molar-refractivity contribution in [2.45, 2.75) is 51.0 Å². The van der Waals surface area contributed by atoms with Gasteiger partial charge in [0.05, 0.1) is 4.90 Å². The highest BCUT2D eigenvalue weighted by molar-refractivity contribution is 7.89. The molecule has 2 aromatic rings. The first-order valence-electron chi connectivity index (χ1n) is 10.3. The minimum absolute atomic E-state index is 0.00134. The summed E-state index contributed by atoms with van der Waals surface area (Å²) in [6, 6.07) is 16.5. The number of nitrogens with zero attached hydrogens (tertiary/aromatic N) is 1. The summed E-state index contributed by atoms with van der Waals surface area (Å²) in [5.41, 5.74) is 2.11. The van der Waals surface area contributed by atoms with Crippen LogP contribution >= 0.6 is 11.6 Å². The van der Waals surface area contributed by atoms with Gasteiger partial charge in [0.25, 0.3) is 0 Å². The Morgan fingerprint density at radius 2 is 1.72 bits per heavy atom. The van der Waals surface area contributed by atoms with Crippen LogP contribution in [-0.4, -0.2) is 25.3 Å². The third kappa shape index (κ3) is 5.50.